The first-order valence-electron chi connectivity index (χ1n) is 6.04. The van der Waals surface area contributed by atoms with Crippen LogP contribution in [0.25, 0.3) is 0 Å². The zero-order chi connectivity index (χ0) is 14.0. The van der Waals surface area contributed by atoms with Gasteiger partial charge in [-0.05, 0) is 50.5 Å². The zero-order valence-electron chi connectivity index (χ0n) is 11.2. The number of aryl methyl sites for hydroxylation is 1. The van der Waals surface area contributed by atoms with Crippen LogP contribution in [-0.4, -0.2) is 14.0 Å². The van der Waals surface area contributed by atoms with Crippen LogP contribution in [0.4, 0.5) is 0 Å². The van der Waals surface area contributed by atoms with E-state index in [1.165, 1.54) is 0 Å². The van der Waals surface area contributed by atoms with E-state index in [0.717, 1.165) is 22.9 Å². The van der Waals surface area contributed by atoms with E-state index in [1.54, 1.807) is 18.2 Å². The van der Waals surface area contributed by atoms with Crippen molar-refractivity contribution in [3.8, 4) is 0 Å². The van der Waals surface area contributed by atoms with Gasteiger partial charge in [-0.2, -0.15) is 0 Å². The van der Waals surface area contributed by atoms with Crippen molar-refractivity contribution in [2.45, 2.75) is 51.0 Å². The fraction of sp³-hybridized carbons (Fsp3) is 0.538. The first-order chi connectivity index (χ1) is 8.24. The molecule has 0 atom stereocenters. The van der Waals surface area contributed by atoms with Crippen molar-refractivity contribution in [3.63, 3.8) is 0 Å². The van der Waals surface area contributed by atoms with Gasteiger partial charge in [-0.3, -0.25) is 0 Å². The Morgan fingerprint density at radius 1 is 1.28 bits per heavy atom. The predicted molar refractivity (Wildman–Crippen MR) is 78.2 cm³/mol. The van der Waals surface area contributed by atoms with E-state index in [0.29, 0.717) is 4.90 Å². The third kappa shape index (κ3) is 3.56. The van der Waals surface area contributed by atoms with Gasteiger partial charge < -0.3 is 0 Å². The normalized spacial score (nSPS) is 12.7. The molecule has 0 aliphatic heterocycles. The van der Waals surface area contributed by atoms with Gasteiger partial charge in [0.1, 0.15) is 0 Å². The van der Waals surface area contributed by atoms with E-state index in [1.807, 2.05) is 27.7 Å². The first-order valence-corrected chi connectivity index (χ1v) is 8.32. The summed E-state index contributed by atoms with van der Waals surface area (Å²) in [4.78, 5) is 0.316. The predicted octanol–water partition coefficient (Wildman–Crippen LogP) is 3.61. The summed E-state index contributed by atoms with van der Waals surface area (Å²) in [5.74, 6) is 0. The molecular weight excluding hydrogens is 314 g/mol. The highest BCUT2D eigenvalue weighted by Gasteiger charge is 2.27. The Hall–Kier alpha value is -0.390. The Morgan fingerprint density at radius 2 is 1.83 bits per heavy atom. The molecule has 0 amide bonds. The van der Waals surface area contributed by atoms with Crippen molar-refractivity contribution < 1.29 is 8.42 Å². The lowest BCUT2D eigenvalue weighted by atomic mass is 9.98. The highest BCUT2D eigenvalue weighted by molar-refractivity contribution is 9.10. The fourth-order valence-electron chi connectivity index (χ4n) is 1.56. The highest BCUT2D eigenvalue weighted by Crippen LogP contribution is 2.22. The number of nitrogens with one attached hydrogen (secondary N) is 1. The lowest BCUT2D eigenvalue weighted by Gasteiger charge is -2.27. The SMILES string of the molecule is CCC(C)(CC)NS(=O)(=O)c1ccc(Br)c(C)c1. The maximum Gasteiger partial charge on any atom is 0.241 e. The topological polar surface area (TPSA) is 46.2 Å². The van der Waals surface area contributed by atoms with Crippen molar-refractivity contribution in [1.29, 1.82) is 0 Å². The second-order valence-electron chi connectivity index (χ2n) is 4.78. The summed E-state index contributed by atoms with van der Waals surface area (Å²) in [6.07, 6.45) is 1.52. The minimum absolute atomic E-state index is 0.316. The maximum atomic E-state index is 12.3. The van der Waals surface area contributed by atoms with Gasteiger partial charge in [-0.25, -0.2) is 13.1 Å². The summed E-state index contributed by atoms with van der Waals surface area (Å²) < 4.78 is 28.3. The summed E-state index contributed by atoms with van der Waals surface area (Å²) in [5, 5.41) is 0. The van der Waals surface area contributed by atoms with Crippen molar-refractivity contribution in [3.05, 3.63) is 28.2 Å². The molecule has 3 nitrogen and oxygen atoms in total. The largest absolute Gasteiger partial charge is 0.241 e. The van der Waals surface area contributed by atoms with Crippen molar-refractivity contribution in [2.75, 3.05) is 0 Å². The molecule has 0 saturated heterocycles. The Labute approximate surface area is 118 Å². The van der Waals surface area contributed by atoms with Gasteiger partial charge in [0.25, 0.3) is 0 Å². The second kappa shape index (κ2) is 5.72. The summed E-state index contributed by atoms with van der Waals surface area (Å²) in [6.45, 7) is 7.77. The Kier molecular flexibility index (Phi) is 4.98. The molecule has 1 N–H and O–H groups in total. The quantitative estimate of drug-likeness (QED) is 0.894. The number of hydrogen-bond acceptors (Lipinski definition) is 2. The number of benzene rings is 1. The van der Waals surface area contributed by atoms with Crippen LogP contribution in [0.1, 0.15) is 39.2 Å². The van der Waals surface area contributed by atoms with E-state index in [9.17, 15) is 8.42 Å². The Balaban J connectivity index is 3.10. The van der Waals surface area contributed by atoms with Crippen LogP contribution >= 0.6 is 15.9 Å². The molecule has 18 heavy (non-hydrogen) atoms. The van der Waals surface area contributed by atoms with Crippen LogP contribution in [0.5, 0.6) is 0 Å². The van der Waals surface area contributed by atoms with Gasteiger partial charge in [0.15, 0.2) is 0 Å². The van der Waals surface area contributed by atoms with Crippen LogP contribution in [0.2, 0.25) is 0 Å². The second-order valence-corrected chi connectivity index (χ2v) is 7.32. The first kappa shape index (κ1) is 15.7. The molecule has 1 rings (SSSR count). The minimum atomic E-state index is -3.45. The Bertz CT molecular complexity index is 522. The number of hydrogen-bond donors (Lipinski definition) is 1. The molecule has 0 radical (unpaired) electrons. The van der Waals surface area contributed by atoms with Crippen LogP contribution in [0.3, 0.4) is 0 Å². The number of sulfonamides is 1. The van der Waals surface area contributed by atoms with E-state index in [-0.39, 0.29) is 5.54 Å². The van der Waals surface area contributed by atoms with Gasteiger partial charge in [-0.1, -0.05) is 29.8 Å². The molecule has 1 aromatic carbocycles. The molecule has 0 aliphatic rings. The van der Waals surface area contributed by atoms with Gasteiger partial charge >= 0.3 is 0 Å². The lowest BCUT2D eigenvalue weighted by Crippen LogP contribution is -2.44. The highest BCUT2D eigenvalue weighted by atomic mass is 79.9. The summed E-state index contributed by atoms with van der Waals surface area (Å²) in [6, 6.07) is 5.06. The van der Waals surface area contributed by atoms with Crippen molar-refractivity contribution in [2.24, 2.45) is 0 Å². The molecular formula is C13H20BrNO2S. The van der Waals surface area contributed by atoms with Crippen LogP contribution < -0.4 is 4.72 Å². The molecule has 102 valence electrons. The van der Waals surface area contributed by atoms with Gasteiger partial charge in [0.2, 0.25) is 10.0 Å². The number of halogens is 1. The molecule has 0 bridgehead atoms. The molecule has 0 spiro atoms. The van der Waals surface area contributed by atoms with E-state index >= 15 is 0 Å². The molecule has 0 heterocycles. The molecule has 0 aliphatic carbocycles. The summed E-state index contributed by atoms with van der Waals surface area (Å²) in [7, 11) is -3.45. The van der Waals surface area contributed by atoms with E-state index < -0.39 is 10.0 Å². The van der Waals surface area contributed by atoms with E-state index in [2.05, 4.69) is 20.7 Å². The number of rotatable bonds is 5. The molecule has 5 heteroatoms. The van der Waals surface area contributed by atoms with Gasteiger partial charge in [-0.15, -0.1) is 0 Å². The standard InChI is InChI=1S/C13H20BrNO2S/c1-5-13(4,6-2)15-18(16,17)11-7-8-12(14)10(3)9-11/h7-9,15H,5-6H2,1-4H3. The average molecular weight is 334 g/mol. The molecule has 0 aromatic heterocycles. The zero-order valence-corrected chi connectivity index (χ0v) is 13.7. The minimum Gasteiger partial charge on any atom is -0.207 e. The van der Waals surface area contributed by atoms with Crippen LogP contribution in [0.15, 0.2) is 27.6 Å². The van der Waals surface area contributed by atoms with E-state index in [4.69, 9.17) is 0 Å². The fourth-order valence-corrected chi connectivity index (χ4v) is 3.44. The van der Waals surface area contributed by atoms with Crippen LogP contribution in [-0.2, 0) is 10.0 Å². The summed E-state index contributed by atoms with van der Waals surface area (Å²) in [5.41, 5.74) is 0.521. The monoisotopic (exact) mass is 333 g/mol. The summed E-state index contributed by atoms with van der Waals surface area (Å²) >= 11 is 3.37. The van der Waals surface area contributed by atoms with Gasteiger partial charge in [0, 0.05) is 10.0 Å². The average Bonchev–Trinajstić information content (AvgIpc) is 2.32. The van der Waals surface area contributed by atoms with Crippen LogP contribution in [0, 0.1) is 6.92 Å². The molecule has 0 unspecified atom stereocenters. The Morgan fingerprint density at radius 3 is 2.28 bits per heavy atom. The molecule has 0 saturated carbocycles. The molecule has 0 fully saturated rings. The third-order valence-corrected chi connectivity index (χ3v) is 5.91. The maximum absolute atomic E-state index is 12.3. The lowest BCUT2D eigenvalue weighted by molar-refractivity contribution is 0.388. The molecule has 1 aromatic rings. The van der Waals surface area contributed by atoms with Crippen molar-refractivity contribution >= 4 is 26.0 Å². The van der Waals surface area contributed by atoms with Crippen molar-refractivity contribution in [1.82, 2.24) is 4.72 Å². The smallest absolute Gasteiger partial charge is 0.207 e. The van der Waals surface area contributed by atoms with Gasteiger partial charge in [0.05, 0.1) is 4.90 Å². The third-order valence-electron chi connectivity index (χ3n) is 3.38.